The van der Waals surface area contributed by atoms with Crippen LogP contribution in [0.3, 0.4) is 0 Å². The minimum Gasteiger partial charge on any atom is -0.507 e. The predicted octanol–water partition coefficient (Wildman–Crippen LogP) is 2.76. The Kier molecular flexibility index (Phi) is 1.37. The fraction of sp³-hybridized carbons (Fsp3) is 0.200. The lowest BCUT2D eigenvalue weighted by molar-refractivity contribution is 0.480. The number of hydrogen-bond acceptors (Lipinski definition) is 2. The number of fused-ring (bicyclic) bond motifs is 1. The first-order valence-electron chi connectivity index (χ1n) is 3.86. The van der Waals surface area contributed by atoms with Crippen molar-refractivity contribution in [3.8, 4) is 5.75 Å². The van der Waals surface area contributed by atoms with E-state index in [-0.39, 0.29) is 0 Å². The lowest BCUT2D eigenvalue weighted by Crippen LogP contribution is -1.71. The number of phenols is 1. The Hall–Kier alpha value is -1.44. The number of phenolic OH excluding ortho intramolecular Hbond substituents is 1. The van der Waals surface area contributed by atoms with Crippen LogP contribution < -0.4 is 0 Å². The molecule has 0 radical (unpaired) electrons. The van der Waals surface area contributed by atoms with Gasteiger partial charge in [0, 0.05) is 0 Å². The number of hydrogen-bond donors (Lipinski definition) is 1. The van der Waals surface area contributed by atoms with E-state index < -0.39 is 0 Å². The highest BCUT2D eigenvalue weighted by atomic mass is 16.3. The van der Waals surface area contributed by atoms with Gasteiger partial charge in [-0.25, -0.2) is 0 Å². The third-order valence-electron chi connectivity index (χ3n) is 1.88. The van der Waals surface area contributed by atoms with Crippen LogP contribution in [0, 0.1) is 13.8 Å². The number of aryl methyl sites for hydroxylation is 2. The Morgan fingerprint density at radius 2 is 1.92 bits per heavy atom. The molecule has 1 N–H and O–H groups in total. The lowest BCUT2D eigenvalue weighted by atomic mass is 10.2. The summed E-state index contributed by atoms with van der Waals surface area (Å²) in [5.74, 6) is 1.12. The molecule has 2 aromatic rings. The van der Waals surface area contributed by atoms with Gasteiger partial charge in [0.05, 0.1) is 5.39 Å². The molecular weight excluding hydrogens is 152 g/mol. The normalized spacial score (nSPS) is 10.8. The molecule has 0 saturated heterocycles. The van der Waals surface area contributed by atoms with Crippen LogP contribution in [0.2, 0.25) is 0 Å². The van der Waals surface area contributed by atoms with E-state index in [2.05, 4.69) is 0 Å². The topological polar surface area (TPSA) is 33.4 Å². The molecule has 0 bridgehead atoms. The molecule has 2 heteroatoms. The molecule has 2 rings (SSSR count). The maximum absolute atomic E-state index is 9.51. The summed E-state index contributed by atoms with van der Waals surface area (Å²) in [6.07, 6.45) is 0. The summed E-state index contributed by atoms with van der Waals surface area (Å²) < 4.78 is 5.37. The monoisotopic (exact) mass is 162 g/mol. The molecule has 1 aromatic carbocycles. The molecule has 0 atom stereocenters. The van der Waals surface area contributed by atoms with Crippen LogP contribution >= 0.6 is 0 Å². The highest BCUT2D eigenvalue weighted by molar-refractivity contribution is 5.85. The second-order valence-electron chi connectivity index (χ2n) is 3.05. The van der Waals surface area contributed by atoms with Gasteiger partial charge in [0.1, 0.15) is 17.1 Å². The lowest BCUT2D eigenvalue weighted by Gasteiger charge is -1.95. The van der Waals surface area contributed by atoms with Crippen LogP contribution in [0.5, 0.6) is 5.75 Å². The number of benzene rings is 1. The van der Waals surface area contributed by atoms with E-state index in [0.29, 0.717) is 5.75 Å². The van der Waals surface area contributed by atoms with Crippen molar-refractivity contribution in [2.24, 2.45) is 0 Å². The second kappa shape index (κ2) is 2.27. The van der Waals surface area contributed by atoms with Gasteiger partial charge in [-0.3, -0.25) is 0 Å². The van der Waals surface area contributed by atoms with Crippen molar-refractivity contribution < 1.29 is 9.52 Å². The van der Waals surface area contributed by atoms with Crippen LogP contribution in [-0.4, -0.2) is 5.11 Å². The third-order valence-corrected chi connectivity index (χ3v) is 1.88. The van der Waals surface area contributed by atoms with Gasteiger partial charge < -0.3 is 9.52 Å². The van der Waals surface area contributed by atoms with Gasteiger partial charge >= 0.3 is 0 Å². The maximum atomic E-state index is 9.51. The highest BCUT2D eigenvalue weighted by Crippen LogP contribution is 2.28. The van der Waals surface area contributed by atoms with E-state index in [1.54, 1.807) is 6.07 Å². The zero-order valence-corrected chi connectivity index (χ0v) is 7.09. The van der Waals surface area contributed by atoms with Gasteiger partial charge in [0.15, 0.2) is 0 Å². The number of furan rings is 1. The summed E-state index contributed by atoms with van der Waals surface area (Å²) in [6.45, 7) is 3.80. The van der Waals surface area contributed by atoms with Crippen molar-refractivity contribution in [1.29, 1.82) is 0 Å². The van der Waals surface area contributed by atoms with Crippen LogP contribution in [0.25, 0.3) is 11.0 Å². The van der Waals surface area contributed by atoms with Crippen molar-refractivity contribution in [2.45, 2.75) is 13.8 Å². The number of aromatic hydroxyl groups is 1. The Morgan fingerprint density at radius 3 is 2.67 bits per heavy atom. The zero-order valence-electron chi connectivity index (χ0n) is 7.09. The SMILES string of the molecule is Cc1cc(O)c2cc(C)oc2c1. The quantitative estimate of drug-likeness (QED) is 0.646. The molecule has 0 saturated carbocycles. The summed E-state index contributed by atoms with van der Waals surface area (Å²) in [5, 5.41) is 10.3. The van der Waals surface area contributed by atoms with E-state index in [9.17, 15) is 5.11 Å². The molecule has 0 aliphatic heterocycles. The van der Waals surface area contributed by atoms with E-state index in [1.807, 2.05) is 26.0 Å². The zero-order chi connectivity index (χ0) is 8.72. The minimum absolute atomic E-state index is 0.293. The summed E-state index contributed by atoms with van der Waals surface area (Å²) in [5.41, 5.74) is 1.76. The molecule has 0 aliphatic rings. The summed E-state index contributed by atoms with van der Waals surface area (Å²) in [6, 6.07) is 5.49. The molecule has 0 unspecified atom stereocenters. The minimum atomic E-state index is 0.293. The molecule has 0 aliphatic carbocycles. The first-order valence-corrected chi connectivity index (χ1v) is 3.86. The first-order chi connectivity index (χ1) is 5.66. The number of rotatable bonds is 0. The van der Waals surface area contributed by atoms with Crippen molar-refractivity contribution in [1.82, 2.24) is 0 Å². The highest BCUT2D eigenvalue weighted by Gasteiger charge is 2.04. The summed E-state index contributed by atoms with van der Waals surface area (Å²) >= 11 is 0. The molecule has 1 aromatic heterocycles. The average Bonchev–Trinajstić information content (AvgIpc) is 2.29. The van der Waals surface area contributed by atoms with Gasteiger partial charge in [-0.15, -0.1) is 0 Å². The van der Waals surface area contributed by atoms with Crippen LogP contribution in [0.1, 0.15) is 11.3 Å². The Morgan fingerprint density at radius 1 is 1.17 bits per heavy atom. The van der Waals surface area contributed by atoms with Crippen molar-refractivity contribution >= 4 is 11.0 Å². The van der Waals surface area contributed by atoms with Crippen LogP contribution in [0.15, 0.2) is 22.6 Å². The van der Waals surface area contributed by atoms with Crippen molar-refractivity contribution in [2.75, 3.05) is 0 Å². The summed E-state index contributed by atoms with van der Waals surface area (Å²) in [7, 11) is 0. The Balaban J connectivity index is 2.88. The molecule has 2 nitrogen and oxygen atoms in total. The van der Waals surface area contributed by atoms with Gasteiger partial charge in [-0.1, -0.05) is 0 Å². The van der Waals surface area contributed by atoms with Crippen molar-refractivity contribution in [3.05, 3.63) is 29.5 Å². The summed E-state index contributed by atoms with van der Waals surface area (Å²) in [4.78, 5) is 0. The van der Waals surface area contributed by atoms with E-state index in [1.165, 1.54) is 0 Å². The fourth-order valence-corrected chi connectivity index (χ4v) is 1.38. The molecule has 0 amide bonds. The first kappa shape index (κ1) is 7.22. The standard InChI is InChI=1S/C10H10O2/c1-6-3-9(11)8-5-7(2)12-10(8)4-6/h3-5,11H,1-2H3. The molecule has 0 fully saturated rings. The molecule has 12 heavy (non-hydrogen) atoms. The average molecular weight is 162 g/mol. The van der Waals surface area contributed by atoms with Gasteiger partial charge in [-0.2, -0.15) is 0 Å². The van der Waals surface area contributed by atoms with E-state index in [0.717, 1.165) is 22.3 Å². The predicted molar refractivity (Wildman–Crippen MR) is 47.4 cm³/mol. The Labute approximate surface area is 70.4 Å². The van der Waals surface area contributed by atoms with E-state index >= 15 is 0 Å². The van der Waals surface area contributed by atoms with Gasteiger partial charge in [0.25, 0.3) is 0 Å². The Bertz CT molecular complexity index is 427. The maximum Gasteiger partial charge on any atom is 0.138 e. The van der Waals surface area contributed by atoms with Gasteiger partial charge in [0.2, 0.25) is 0 Å². The van der Waals surface area contributed by atoms with Crippen LogP contribution in [0.4, 0.5) is 0 Å². The van der Waals surface area contributed by atoms with Crippen LogP contribution in [-0.2, 0) is 0 Å². The van der Waals surface area contributed by atoms with Gasteiger partial charge in [-0.05, 0) is 37.6 Å². The van der Waals surface area contributed by atoms with Crippen molar-refractivity contribution in [3.63, 3.8) is 0 Å². The van der Waals surface area contributed by atoms with E-state index in [4.69, 9.17) is 4.42 Å². The molecule has 62 valence electrons. The third kappa shape index (κ3) is 0.961. The smallest absolute Gasteiger partial charge is 0.138 e. The fourth-order valence-electron chi connectivity index (χ4n) is 1.38. The largest absolute Gasteiger partial charge is 0.507 e. The molecular formula is C10H10O2. The molecule has 1 heterocycles. The second-order valence-corrected chi connectivity index (χ2v) is 3.05. The molecule has 0 spiro atoms.